The van der Waals surface area contributed by atoms with Gasteiger partial charge in [-0.2, -0.15) is 5.26 Å². The van der Waals surface area contributed by atoms with Gasteiger partial charge in [0.2, 0.25) is 5.91 Å². The van der Waals surface area contributed by atoms with E-state index >= 15 is 0 Å². The van der Waals surface area contributed by atoms with Gasteiger partial charge in [-0.1, -0.05) is 0 Å². The first-order chi connectivity index (χ1) is 8.02. The van der Waals surface area contributed by atoms with Gasteiger partial charge in [0.15, 0.2) is 0 Å². The highest BCUT2D eigenvalue weighted by atomic mass is 19.1. The zero-order valence-electron chi connectivity index (χ0n) is 8.98. The molecule has 0 aliphatic heterocycles. The zero-order valence-corrected chi connectivity index (χ0v) is 8.98. The number of nitriles is 1. The molecule has 0 bridgehead atoms. The molecule has 1 rings (SSSR count). The van der Waals surface area contributed by atoms with Crippen molar-refractivity contribution < 1.29 is 14.3 Å². The van der Waals surface area contributed by atoms with Gasteiger partial charge in [0.05, 0.1) is 11.6 Å². The van der Waals surface area contributed by atoms with E-state index in [0.717, 1.165) is 6.07 Å². The Hall–Kier alpha value is -1.97. The quantitative estimate of drug-likeness (QED) is 0.650. The summed E-state index contributed by atoms with van der Waals surface area (Å²) in [5, 5.41) is 20.5. The number of hydrogen-bond acceptors (Lipinski definition) is 4. The molecular formula is C11H12FN3O2. The van der Waals surface area contributed by atoms with Crippen LogP contribution < -0.4 is 11.1 Å². The second-order valence-corrected chi connectivity index (χ2v) is 3.51. The second kappa shape index (κ2) is 5.94. The maximum absolute atomic E-state index is 13.0. The first kappa shape index (κ1) is 13.1. The summed E-state index contributed by atoms with van der Waals surface area (Å²) in [6, 6.07) is 5.75. The van der Waals surface area contributed by atoms with Crippen LogP contribution in [0.2, 0.25) is 0 Å². The molecule has 0 aromatic heterocycles. The number of halogens is 1. The lowest BCUT2D eigenvalue weighted by atomic mass is 10.1. The topological polar surface area (TPSA) is 99.1 Å². The SMILES string of the molecule is N#Cc1cc(F)cc(CNCC(O)C(N)=O)c1. The number of nitrogens with two attached hydrogens (primary N) is 1. The molecule has 0 fully saturated rings. The van der Waals surface area contributed by atoms with Crippen LogP contribution in [-0.4, -0.2) is 23.7 Å². The van der Waals surface area contributed by atoms with Gasteiger partial charge in [-0.05, 0) is 23.8 Å². The number of aliphatic hydroxyl groups is 1. The Kier molecular flexibility index (Phi) is 4.57. The van der Waals surface area contributed by atoms with E-state index in [1.54, 1.807) is 0 Å². The number of amides is 1. The largest absolute Gasteiger partial charge is 0.382 e. The highest BCUT2D eigenvalue weighted by molar-refractivity contribution is 5.78. The Bertz CT molecular complexity index is 457. The molecular weight excluding hydrogens is 225 g/mol. The minimum atomic E-state index is -1.28. The second-order valence-electron chi connectivity index (χ2n) is 3.51. The van der Waals surface area contributed by atoms with E-state index in [2.05, 4.69) is 5.32 Å². The highest BCUT2D eigenvalue weighted by Gasteiger charge is 2.09. The van der Waals surface area contributed by atoms with Crippen LogP contribution in [0.1, 0.15) is 11.1 Å². The average Bonchev–Trinajstić information content (AvgIpc) is 2.27. The fraction of sp³-hybridized carbons (Fsp3) is 0.273. The Labute approximate surface area is 97.7 Å². The summed E-state index contributed by atoms with van der Waals surface area (Å²) in [5.41, 5.74) is 5.63. The molecule has 0 saturated carbocycles. The number of nitrogens with zero attached hydrogens (tertiary/aromatic N) is 1. The predicted octanol–water partition coefficient (Wildman–Crippen LogP) is -0.367. The predicted molar refractivity (Wildman–Crippen MR) is 58.0 cm³/mol. The maximum atomic E-state index is 13.0. The summed E-state index contributed by atoms with van der Waals surface area (Å²) >= 11 is 0. The third-order valence-corrected chi connectivity index (χ3v) is 2.08. The van der Waals surface area contributed by atoms with Gasteiger partial charge >= 0.3 is 0 Å². The van der Waals surface area contributed by atoms with E-state index in [9.17, 15) is 9.18 Å². The molecule has 5 nitrogen and oxygen atoms in total. The molecule has 0 aliphatic carbocycles. The van der Waals surface area contributed by atoms with Crippen molar-refractivity contribution in [1.82, 2.24) is 5.32 Å². The zero-order chi connectivity index (χ0) is 12.8. The summed E-state index contributed by atoms with van der Waals surface area (Å²) < 4.78 is 13.0. The molecule has 1 aromatic rings. The van der Waals surface area contributed by atoms with Crippen molar-refractivity contribution in [3.8, 4) is 6.07 Å². The Balaban J connectivity index is 2.55. The molecule has 4 N–H and O–H groups in total. The lowest BCUT2D eigenvalue weighted by molar-refractivity contribution is -0.125. The molecule has 0 radical (unpaired) electrons. The first-order valence-electron chi connectivity index (χ1n) is 4.90. The minimum absolute atomic E-state index is 0.0201. The summed E-state index contributed by atoms with van der Waals surface area (Å²) in [4.78, 5) is 10.5. The van der Waals surface area contributed by atoms with Crippen molar-refractivity contribution in [2.75, 3.05) is 6.54 Å². The van der Waals surface area contributed by atoms with Gasteiger partial charge in [-0.15, -0.1) is 0 Å². The van der Waals surface area contributed by atoms with E-state index < -0.39 is 17.8 Å². The van der Waals surface area contributed by atoms with Crippen LogP contribution in [0.25, 0.3) is 0 Å². The molecule has 90 valence electrons. The van der Waals surface area contributed by atoms with Crippen LogP contribution in [0.15, 0.2) is 18.2 Å². The lowest BCUT2D eigenvalue weighted by Crippen LogP contribution is -2.37. The van der Waals surface area contributed by atoms with Gasteiger partial charge in [-0.25, -0.2) is 4.39 Å². The van der Waals surface area contributed by atoms with Crippen LogP contribution in [-0.2, 0) is 11.3 Å². The number of aliphatic hydroxyl groups excluding tert-OH is 1. The molecule has 17 heavy (non-hydrogen) atoms. The first-order valence-corrected chi connectivity index (χ1v) is 4.90. The third-order valence-electron chi connectivity index (χ3n) is 2.08. The minimum Gasteiger partial charge on any atom is -0.382 e. The van der Waals surface area contributed by atoms with Gasteiger partial charge in [0, 0.05) is 13.1 Å². The Morgan fingerprint density at radius 3 is 2.88 bits per heavy atom. The average molecular weight is 237 g/mol. The van der Waals surface area contributed by atoms with Crippen molar-refractivity contribution in [3.63, 3.8) is 0 Å². The number of hydrogen-bond donors (Lipinski definition) is 3. The van der Waals surface area contributed by atoms with Crippen LogP contribution >= 0.6 is 0 Å². The van der Waals surface area contributed by atoms with E-state index in [-0.39, 0.29) is 18.7 Å². The standard InChI is InChI=1S/C11H12FN3O2/c12-9-2-7(4-13)1-8(3-9)5-15-6-10(16)11(14)17/h1-3,10,15-16H,5-6H2,(H2,14,17). The van der Waals surface area contributed by atoms with Crippen molar-refractivity contribution >= 4 is 5.91 Å². The monoisotopic (exact) mass is 237 g/mol. The molecule has 1 aromatic carbocycles. The molecule has 0 saturated heterocycles. The molecule has 1 amide bonds. The van der Waals surface area contributed by atoms with E-state index in [4.69, 9.17) is 16.1 Å². The number of rotatable bonds is 5. The number of nitrogens with one attached hydrogen (secondary N) is 1. The molecule has 1 atom stereocenters. The maximum Gasteiger partial charge on any atom is 0.247 e. The Morgan fingerprint density at radius 2 is 2.29 bits per heavy atom. The lowest BCUT2D eigenvalue weighted by Gasteiger charge is -2.08. The molecule has 0 heterocycles. The summed E-state index contributed by atoms with van der Waals surface area (Å²) in [6.45, 7) is 0.213. The van der Waals surface area contributed by atoms with Gasteiger partial charge < -0.3 is 16.2 Å². The molecule has 0 spiro atoms. The fourth-order valence-corrected chi connectivity index (χ4v) is 1.27. The number of primary amides is 1. The summed E-state index contributed by atoms with van der Waals surface area (Å²) in [7, 11) is 0. The van der Waals surface area contributed by atoms with E-state index in [1.807, 2.05) is 6.07 Å². The summed E-state index contributed by atoms with van der Waals surface area (Å²) in [6.07, 6.45) is -1.28. The highest BCUT2D eigenvalue weighted by Crippen LogP contribution is 2.08. The van der Waals surface area contributed by atoms with E-state index in [0.29, 0.717) is 5.56 Å². The van der Waals surface area contributed by atoms with Gasteiger partial charge in [0.25, 0.3) is 0 Å². The van der Waals surface area contributed by atoms with E-state index in [1.165, 1.54) is 12.1 Å². The molecule has 6 heteroatoms. The molecule has 1 unspecified atom stereocenters. The smallest absolute Gasteiger partial charge is 0.247 e. The van der Waals surface area contributed by atoms with Crippen molar-refractivity contribution in [1.29, 1.82) is 5.26 Å². The fourth-order valence-electron chi connectivity index (χ4n) is 1.27. The molecule has 0 aliphatic rings. The van der Waals surface area contributed by atoms with Crippen molar-refractivity contribution in [2.45, 2.75) is 12.6 Å². The van der Waals surface area contributed by atoms with Gasteiger partial charge in [0.1, 0.15) is 11.9 Å². The summed E-state index contributed by atoms with van der Waals surface area (Å²) in [5.74, 6) is -1.33. The number of carbonyl (C=O) groups excluding carboxylic acids is 1. The number of carbonyl (C=O) groups is 1. The van der Waals surface area contributed by atoms with Crippen LogP contribution in [0.4, 0.5) is 4.39 Å². The van der Waals surface area contributed by atoms with Crippen molar-refractivity contribution in [3.05, 3.63) is 35.1 Å². The van der Waals surface area contributed by atoms with Gasteiger partial charge in [-0.3, -0.25) is 4.79 Å². The third kappa shape index (κ3) is 4.18. The van der Waals surface area contributed by atoms with Crippen LogP contribution in [0.5, 0.6) is 0 Å². The normalized spacial score (nSPS) is 11.8. The number of benzene rings is 1. The van der Waals surface area contributed by atoms with Crippen LogP contribution in [0, 0.1) is 17.1 Å². The van der Waals surface area contributed by atoms with Crippen LogP contribution in [0.3, 0.4) is 0 Å². The Morgan fingerprint density at radius 1 is 1.59 bits per heavy atom. The van der Waals surface area contributed by atoms with Crippen molar-refractivity contribution in [2.24, 2.45) is 5.73 Å².